The van der Waals surface area contributed by atoms with Crippen molar-refractivity contribution < 1.29 is 27.8 Å². The molecule has 2 aliphatic rings. The lowest BCUT2D eigenvalue weighted by Crippen LogP contribution is -2.21. The highest BCUT2D eigenvalue weighted by Crippen LogP contribution is 2.42. The number of nitrogens with zero attached hydrogens (tertiary/aromatic N) is 2. The minimum atomic E-state index is -4.53. The minimum absolute atomic E-state index is 0.0437. The second-order valence-electron chi connectivity index (χ2n) is 9.06. The van der Waals surface area contributed by atoms with Crippen molar-refractivity contribution in [3.05, 3.63) is 59.2 Å². The summed E-state index contributed by atoms with van der Waals surface area (Å²) in [6.45, 7) is 0.996. The van der Waals surface area contributed by atoms with Gasteiger partial charge < -0.3 is 19.5 Å². The fourth-order valence-corrected chi connectivity index (χ4v) is 5.07. The molecule has 0 bridgehead atoms. The number of methoxy groups -OCH3 is 2. The van der Waals surface area contributed by atoms with Crippen molar-refractivity contribution in [3.8, 4) is 34.0 Å². The Bertz CT molecular complexity index is 1240. The second kappa shape index (κ2) is 9.07. The molecule has 35 heavy (non-hydrogen) atoms. The first-order valence-electron chi connectivity index (χ1n) is 11.7. The van der Waals surface area contributed by atoms with Gasteiger partial charge in [0.1, 0.15) is 11.5 Å². The molecule has 3 aromatic rings. The van der Waals surface area contributed by atoms with Gasteiger partial charge in [0.2, 0.25) is 0 Å². The quantitative estimate of drug-likeness (QED) is 0.518. The number of aliphatic hydroxyl groups excluding tert-OH is 1. The maximum absolute atomic E-state index is 14.1. The van der Waals surface area contributed by atoms with Gasteiger partial charge in [-0.15, -0.1) is 0 Å². The first-order chi connectivity index (χ1) is 16.8. The van der Waals surface area contributed by atoms with E-state index in [1.165, 1.54) is 6.07 Å². The average Bonchev–Trinajstić information content (AvgIpc) is 3.51. The monoisotopic (exact) mass is 484 g/mol. The third-order valence-corrected chi connectivity index (χ3v) is 6.83. The smallest absolute Gasteiger partial charge is 0.417 e. The number of hydrogen-bond donors (Lipinski definition) is 1. The number of aryl methyl sites for hydroxylation is 1. The van der Waals surface area contributed by atoms with Crippen molar-refractivity contribution in [1.82, 2.24) is 4.98 Å². The number of aliphatic hydroxyl groups is 1. The van der Waals surface area contributed by atoms with E-state index in [0.29, 0.717) is 42.4 Å². The first kappa shape index (κ1) is 23.5. The zero-order chi connectivity index (χ0) is 24.7. The van der Waals surface area contributed by atoms with Gasteiger partial charge in [-0.2, -0.15) is 13.2 Å². The predicted molar refractivity (Wildman–Crippen MR) is 128 cm³/mol. The highest BCUT2D eigenvalue weighted by atomic mass is 19.4. The molecule has 0 spiro atoms. The fraction of sp³-hybridized carbons (Fsp3) is 0.370. The molecule has 2 aromatic carbocycles. The summed E-state index contributed by atoms with van der Waals surface area (Å²) in [4.78, 5) is 6.73. The molecule has 184 valence electrons. The van der Waals surface area contributed by atoms with Crippen LogP contribution in [0.1, 0.15) is 29.5 Å². The van der Waals surface area contributed by atoms with Crippen LogP contribution in [-0.2, 0) is 19.0 Å². The summed E-state index contributed by atoms with van der Waals surface area (Å²) in [5, 5.41) is 9.93. The van der Waals surface area contributed by atoms with Gasteiger partial charge in [-0.3, -0.25) is 0 Å². The van der Waals surface area contributed by atoms with Gasteiger partial charge in [0.15, 0.2) is 0 Å². The molecule has 1 saturated heterocycles. The number of benzene rings is 2. The fourth-order valence-electron chi connectivity index (χ4n) is 5.07. The summed E-state index contributed by atoms with van der Waals surface area (Å²) in [5.41, 5.74) is 3.73. The topological polar surface area (TPSA) is 54.8 Å². The Morgan fingerprint density at radius 2 is 1.74 bits per heavy atom. The van der Waals surface area contributed by atoms with E-state index in [1.54, 1.807) is 32.4 Å². The molecule has 0 radical (unpaired) electrons. The van der Waals surface area contributed by atoms with E-state index >= 15 is 0 Å². The van der Waals surface area contributed by atoms with Crippen LogP contribution >= 0.6 is 0 Å². The molecule has 1 aliphatic heterocycles. The van der Waals surface area contributed by atoms with Gasteiger partial charge in [0.25, 0.3) is 0 Å². The Balaban J connectivity index is 1.70. The van der Waals surface area contributed by atoms with Gasteiger partial charge in [-0.25, -0.2) is 4.98 Å². The normalized spacial score (nSPS) is 17.5. The first-order valence-corrected chi connectivity index (χ1v) is 11.7. The van der Waals surface area contributed by atoms with Gasteiger partial charge in [-0.1, -0.05) is 0 Å². The van der Waals surface area contributed by atoms with E-state index in [-0.39, 0.29) is 11.3 Å². The third-order valence-electron chi connectivity index (χ3n) is 6.83. The number of alkyl halides is 3. The van der Waals surface area contributed by atoms with Crippen LogP contribution in [-0.4, -0.2) is 43.5 Å². The van der Waals surface area contributed by atoms with Gasteiger partial charge in [0, 0.05) is 36.0 Å². The van der Waals surface area contributed by atoms with Crippen molar-refractivity contribution in [2.75, 3.05) is 32.2 Å². The van der Waals surface area contributed by atoms with E-state index in [9.17, 15) is 18.3 Å². The molecule has 5 rings (SSSR count). The number of anilines is 1. The van der Waals surface area contributed by atoms with Crippen LogP contribution in [0.2, 0.25) is 0 Å². The molecule has 5 nitrogen and oxygen atoms in total. The molecule has 1 aliphatic carbocycles. The molecule has 8 heteroatoms. The molecule has 1 atom stereocenters. The number of pyridine rings is 1. The van der Waals surface area contributed by atoms with Crippen molar-refractivity contribution in [2.45, 2.75) is 38.0 Å². The molecule has 1 N–H and O–H groups in total. The van der Waals surface area contributed by atoms with E-state index < -0.39 is 17.8 Å². The minimum Gasteiger partial charge on any atom is -0.497 e. The second-order valence-corrected chi connectivity index (χ2v) is 9.06. The lowest BCUT2D eigenvalue weighted by molar-refractivity contribution is -0.137. The number of β-amino-alcohol motifs (C(OH)–C–C–N with tert-alkyl or cyclic N) is 1. The number of hydrogen-bond acceptors (Lipinski definition) is 5. The Morgan fingerprint density at radius 3 is 2.37 bits per heavy atom. The van der Waals surface area contributed by atoms with E-state index in [0.717, 1.165) is 42.0 Å². The van der Waals surface area contributed by atoms with Crippen LogP contribution < -0.4 is 14.4 Å². The van der Waals surface area contributed by atoms with Crippen LogP contribution in [0.15, 0.2) is 42.5 Å². The van der Waals surface area contributed by atoms with Crippen molar-refractivity contribution >= 4 is 5.69 Å². The molecule has 0 amide bonds. The number of halogens is 3. The number of aromatic nitrogens is 1. The number of fused-ring (bicyclic) bond motifs is 1. The predicted octanol–water partition coefficient (Wildman–Crippen LogP) is 5.51. The number of ether oxygens (including phenoxy) is 2. The summed E-state index contributed by atoms with van der Waals surface area (Å²) < 4.78 is 53.1. The summed E-state index contributed by atoms with van der Waals surface area (Å²) in [6, 6.07) is 11.4. The molecule has 0 saturated carbocycles. The summed E-state index contributed by atoms with van der Waals surface area (Å²) in [5.74, 6) is 1.17. The lowest BCUT2D eigenvalue weighted by Gasteiger charge is -2.22. The zero-order valence-corrected chi connectivity index (χ0v) is 19.7. The summed E-state index contributed by atoms with van der Waals surface area (Å²) >= 11 is 0. The van der Waals surface area contributed by atoms with Crippen LogP contribution in [0.3, 0.4) is 0 Å². The van der Waals surface area contributed by atoms with Gasteiger partial charge in [0.05, 0.1) is 37.3 Å². The molecular formula is C27H27F3N2O3. The molecule has 2 heterocycles. The Morgan fingerprint density at radius 1 is 1.00 bits per heavy atom. The van der Waals surface area contributed by atoms with Crippen LogP contribution in [0, 0.1) is 0 Å². The molecule has 1 aromatic heterocycles. The molecular weight excluding hydrogens is 457 g/mol. The van der Waals surface area contributed by atoms with Crippen molar-refractivity contribution in [2.24, 2.45) is 0 Å². The highest BCUT2D eigenvalue weighted by molar-refractivity contribution is 5.76. The third kappa shape index (κ3) is 4.55. The summed E-state index contributed by atoms with van der Waals surface area (Å²) in [6.07, 6.45) is -1.89. The van der Waals surface area contributed by atoms with E-state index in [2.05, 4.69) is 0 Å². The molecule has 1 fully saturated rings. The number of rotatable bonds is 5. The Kier molecular flexibility index (Phi) is 6.09. The lowest BCUT2D eigenvalue weighted by atomic mass is 9.96. The largest absolute Gasteiger partial charge is 0.497 e. The van der Waals surface area contributed by atoms with Gasteiger partial charge in [-0.05, 0) is 73.2 Å². The average molecular weight is 485 g/mol. The standard InChI is InChI=1S/C27H27F3N2O3/c1-34-20-10-17(11-21(14-20)35-2)26-22-5-3-4-16(22)12-25(31-26)23-13-18(32-9-8-19(33)15-32)6-7-24(23)27(28,29)30/h6-7,10-14,19,33H,3-5,8-9,15H2,1-2H3. The van der Waals surface area contributed by atoms with Crippen molar-refractivity contribution in [1.29, 1.82) is 0 Å². The van der Waals surface area contributed by atoms with E-state index in [1.807, 2.05) is 17.0 Å². The Hall–Kier alpha value is -3.26. The summed E-state index contributed by atoms with van der Waals surface area (Å²) in [7, 11) is 3.12. The zero-order valence-electron chi connectivity index (χ0n) is 19.7. The van der Waals surface area contributed by atoms with E-state index in [4.69, 9.17) is 14.5 Å². The Labute approximate surface area is 202 Å². The van der Waals surface area contributed by atoms with Gasteiger partial charge >= 0.3 is 6.18 Å². The maximum Gasteiger partial charge on any atom is 0.417 e. The van der Waals surface area contributed by atoms with Crippen LogP contribution in [0.5, 0.6) is 11.5 Å². The molecule has 1 unspecified atom stereocenters. The van der Waals surface area contributed by atoms with Crippen LogP contribution in [0.25, 0.3) is 22.5 Å². The van der Waals surface area contributed by atoms with Crippen LogP contribution in [0.4, 0.5) is 18.9 Å². The SMILES string of the molecule is COc1cc(OC)cc(-c2nc(-c3cc(N4CCC(O)C4)ccc3C(F)(F)F)cc3c2CCC3)c1. The maximum atomic E-state index is 14.1. The van der Waals surface area contributed by atoms with Crippen molar-refractivity contribution in [3.63, 3.8) is 0 Å². The highest BCUT2D eigenvalue weighted by Gasteiger charge is 2.35.